The standard InChI is InChI=1S/C13H23NO3/c1-8(2)10(5)6-12(15)14-11(9(3)4)7-17-13(14)16/h8-11H,6-7H2,1-5H3/t10?,11-/m1/s1. The minimum Gasteiger partial charge on any atom is -0.447 e. The zero-order valence-corrected chi connectivity index (χ0v) is 11.4. The quantitative estimate of drug-likeness (QED) is 0.760. The van der Waals surface area contributed by atoms with Crippen molar-refractivity contribution in [3.63, 3.8) is 0 Å². The smallest absolute Gasteiger partial charge is 0.416 e. The SMILES string of the molecule is CC(C)C(C)CC(=O)N1C(=O)OC[C@@H]1C(C)C. The molecule has 2 atom stereocenters. The van der Waals surface area contributed by atoms with Gasteiger partial charge in [0.05, 0.1) is 6.04 Å². The summed E-state index contributed by atoms with van der Waals surface area (Å²) in [5.41, 5.74) is 0. The molecule has 1 fully saturated rings. The maximum absolute atomic E-state index is 12.1. The molecule has 0 aromatic heterocycles. The Kier molecular flexibility index (Phi) is 4.54. The van der Waals surface area contributed by atoms with E-state index >= 15 is 0 Å². The average molecular weight is 241 g/mol. The molecule has 1 unspecified atom stereocenters. The summed E-state index contributed by atoms with van der Waals surface area (Å²) < 4.78 is 4.97. The lowest BCUT2D eigenvalue weighted by atomic mass is 9.93. The lowest BCUT2D eigenvalue weighted by Gasteiger charge is -2.24. The Morgan fingerprint density at radius 2 is 1.94 bits per heavy atom. The Hall–Kier alpha value is -1.06. The first kappa shape index (κ1) is 14.0. The van der Waals surface area contributed by atoms with E-state index in [1.807, 2.05) is 20.8 Å². The number of cyclic esters (lactones) is 1. The van der Waals surface area contributed by atoms with Crippen molar-refractivity contribution in [1.82, 2.24) is 4.90 Å². The molecule has 98 valence electrons. The molecule has 0 aliphatic carbocycles. The second-order valence-corrected chi connectivity index (χ2v) is 5.58. The highest BCUT2D eigenvalue weighted by molar-refractivity contribution is 5.93. The Morgan fingerprint density at radius 3 is 2.41 bits per heavy atom. The highest BCUT2D eigenvalue weighted by Crippen LogP contribution is 2.23. The third-order valence-electron chi connectivity index (χ3n) is 3.58. The summed E-state index contributed by atoms with van der Waals surface area (Å²) in [4.78, 5) is 25.0. The number of carbonyl (C=O) groups excluding carboxylic acids is 2. The van der Waals surface area contributed by atoms with E-state index in [-0.39, 0.29) is 23.8 Å². The van der Waals surface area contributed by atoms with E-state index in [9.17, 15) is 9.59 Å². The summed E-state index contributed by atoms with van der Waals surface area (Å²) in [5.74, 6) is 0.853. The molecule has 0 bridgehead atoms. The van der Waals surface area contributed by atoms with Crippen molar-refractivity contribution in [2.75, 3.05) is 6.61 Å². The Balaban J connectivity index is 2.69. The van der Waals surface area contributed by atoms with Gasteiger partial charge in [0.2, 0.25) is 5.91 Å². The number of amides is 2. The topological polar surface area (TPSA) is 46.6 Å². The molecule has 1 saturated heterocycles. The van der Waals surface area contributed by atoms with Crippen molar-refractivity contribution in [3.05, 3.63) is 0 Å². The monoisotopic (exact) mass is 241 g/mol. The van der Waals surface area contributed by atoms with E-state index < -0.39 is 6.09 Å². The van der Waals surface area contributed by atoms with Crippen molar-refractivity contribution in [2.24, 2.45) is 17.8 Å². The number of hydrogen-bond acceptors (Lipinski definition) is 3. The van der Waals surface area contributed by atoms with Gasteiger partial charge in [-0.2, -0.15) is 0 Å². The minimum absolute atomic E-state index is 0.102. The molecule has 1 rings (SSSR count). The van der Waals surface area contributed by atoms with E-state index in [2.05, 4.69) is 13.8 Å². The van der Waals surface area contributed by atoms with Crippen LogP contribution in [0, 0.1) is 17.8 Å². The van der Waals surface area contributed by atoms with E-state index in [0.717, 1.165) is 0 Å². The van der Waals surface area contributed by atoms with Gasteiger partial charge >= 0.3 is 6.09 Å². The van der Waals surface area contributed by atoms with Crippen LogP contribution < -0.4 is 0 Å². The number of carbonyl (C=O) groups is 2. The first-order valence-electron chi connectivity index (χ1n) is 6.33. The van der Waals surface area contributed by atoms with Crippen LogP contribution in [0.4, 0.5) is 4.79 Å². The Morgan fingerprint density at radius 1 is 1.35 bits per heavy atom. The molecule has 0 spiro atoms. The van der Waals surface area contributed by atoms with Crippen LogP contribution in [0.2, 0.25) is 0 Å². The Labute approximate surface area is 103 Å². The lowest BCUT2D eigenvalue weighted by Crippen LogP contribution is -2.42. The predicted molar refractivity (Wildman–Crippen MR) is 65.4 cm³/mol. The fraction of sp³-hybridized carbons (Fsp3) is 0.846. The molecule has 0 aromatic carbocycles. The summed E-state index contributed by atoms with van der Waals surface area (Å²) in [6.07, 6.45) is -0.0691. The summed E-state index contributed by atoms with van der Waals surface area (Å²) in [7, 11) is 0. The van der Waals surface area contributed by atoms with Crippen LogP contribution in [-0.2, 0) is 9.53 Å². The predicted octanol–water partition coefficient (Wildman–Crippen LogP) is 2.67. The zero-order valence-electron chi connectivity index (χ0n) is 11.4. The normalized spacial score (nSPS) is 22.2. The van der Waals surface area contributed by atoms with Crippen molar-refractivity contribution in [2.45, 2.75) is 47.1 Å². The van der Waals surface area contributed by atoms with Crippen molar-refractivity contribution in [3.8, 4) is 0 Å². The molecular formula is C13H23NO3. The largest absolute Gasteiger partial charge is 0.447 e. The van der Waals surface area contributed by atoms with Gasteiger partial charge in [-0.1, -0.05) is 34.6 Å². The number of rotatable bonds is 4. The van der Waals surface area contributed by atoms with Crippen LogP contribution >= 0.6 is 0 Å². The number of ether oxygens (including phenoxy) is 1. The van der Waals surface area contributed by atoms with Gasteiger partial charge in [-0.3, -0.25) is 4.79 Å². The lowest BCUT2D eigenvalue weighted by molar-refractivity contribution is -0.130. The number of hydrogen-bond donors (Lipinski definition) is 0. The molecule has 0 saturated carbocycles. The molecule has 4 heteroatoms. The molecule has 1 aliphatic heterocycles. The number of imide groups is 1. The highest BCUT2D eigenvalue weighted by atomic mass is 16.6. The van der Waals surface area contributed by atoms with Gasteiger partial charge < -0.3 is 4.74 Å². The van der Waals surface area contributed by atoms with Gasteiger partial charge in [0, 0.05) is 6.42 Å². The van der Waals surface area contributed by atoms with Gasteiger partial charge in [0.1, 0.15) is 6.61 Å². The Bertz CT molecular complexity index is 299. The van der Waals surface area contributed by atoms with Crippen LogP contribution in [0.15, 0.2) is 0 Å². The molecule has 0 N–H and O–H groups in total. The molecule has 4 nitrogen and oxygen atoms in total. The van der Waals surface area contributed by atoms with E-state index in [0.29, 0.717) is 18.9 Å². The first-order valence-corrected chi connectivity index (χ1v) is 6.33. The van der Waals surface area contributed by atoms with E-state index in [1.54, 1.807) is 0 Å². The third-order valence-corrected chi connectivity index (χ3v) is 3.58. The molecular weight excluding hydrogens is 218 g/mol. The molecule has 0 aromatic rings. The molecule has 0 radical (unpaired) electrons. The van der Waals surface area contributed by atoms with Crippen LogP contribution in [0.5, 0.6) is 0 Å². The molecule has 2 amide bonds. The average Bonchev–Trinajstić information content (AvgIpc) is 2.59. The summed E-state index contributed by atoms with van der Waals surface area (Å²) >= 11 is 0. The minimum atomic E-state index is -0.482. The third kappa shape index (κ3) is 3.20. The van der Waals surface area contributed by atoms with Crippen LogP contribution in [0.25, 0.3) is 0 Å². The maximum Gasteiger partial charge on any atom is 0.416 e. The second kappa shape index (κ2) is 5.52. The molecule has 1 heterocycles. The fourth-order valence-corrected chi connectivity index (χ4v) is 1.82. The van der Waals surface area contributed by atoms with Gasteiger partial charge in [-0.05, 0) is 17.8 Å². The summed E-state index contributed by atoms with van der Waals surface area (Å²) in [6, 6.07) is -0.102. The van der Waals surface area contributed by atoms with Crippen molar-refractivity contribution < 1.29 is 14.3 Å². The van der Waals surface area contributed by atoms with Crippen LogP contribution in [0.3, 0.4) is 0 Å². The summed E-state index contributed by atoms with van der Waals surface area (Å²) in [6.45, 7) is 10.5. The molecule has 1 aliphatic rings. The van der Waals surface area contributed by atoms with E-state index in [1.165, 1.54) is 4.90 Å². The zero-order chi connectivity index (χ0) is 13.2. The highest BCUT2D eigenvalue weighted by Gasteiger charge is 2.39. The van der Waals surface area contributed by atoms with Crippen LogP contribution in [-0.4, -0.2) is 29.5 Å². The van der Waals surface area contributed by atoms with E-state index in [4.69, 9.17) is 4.74 Å². The fourth-order valence-electron chi connectivity index (χ4n) is 1.82. The van der Waals surface area contributed by atoms with Gasteiger partial charge in [0.15, 0.2) is 0 Å². The second-order valence-electron chi connectivity index (χ2n) is 5.58. The van der Waals surface area contributed by atoms with Gasteiger partial charge in [-0.15, -0.1) is 0 Å². The van der Waals surface area contributed by atoms with Crippen molar-refractivity contribution in [1.29, 1.82) is 0 Å². The van der Waals surface area contributed by atoms with Gasteiger partial charge in [0.25, 0.3) is 0 Å². The van der Waals surface area contributed by atoms with Crippen LogP contribution in [0.1, 0.15) is 41.0 Å². The summed E-state index contributed by atoms with van der Waals surface area (Å²) in [5, 5.41) is 0. The number of nitrogens with zero attached hydrogens (tertiary/aromatic N) is 1. The maximum atomic E-state index is 12.1. The molecule has 17 heavy (non-hydrogen) atoms. The first-order chi connectivity index (χ1) is 7.84. The van der Waals surface area contributed by atoms with Crippen molar-refractivity contribution >= 4 is 12.0 Å². The van der Waals surface area contributed by atoms with Gasteiger partial charge in [-0.25, -0.2) is 9.69 Å².